The maximum absolute atomic E-state index is 12.1. The SMILES string of the molecule is CCCCCNC(=O)Cn1c(=O)n(C)c2ccccc21. The van der Waals surface area contributed by atoms with Crippen LogP contribution in [0.25, 0.3) is 11.0 Å². The van der Waals surface area contributed by atoms with Crippen LogP contribution in [-0.4, -0.2) is 21.6 Å². The second-order valence-electron chi connectivity index (χ2n) is 4.97. The van der Waals surface area contributed by atoms with E-state index in [2.05, 4.69) is 12.2 Å². The van der Waals surface area contributed by atoms with Crippen molar-refractivity contribution in [3.8, 4) is 0 Å². The lowest BCUT2D eigenvalue weighted by Gasteiger charge is -2.05. The number of hydrogen-bond acceptors (Lipinski definition) is 2. The van der Waals surface area contributed by atoms with Crippen LogP contribution in [0.4, 0.5) is 0 Å². The van der Waals surface area contributed by atoms with Crippen molar-refractivity contribution in [2.45, 2.75) is 32.7 Å². The lowest BCUT2D eigenvalue weighted by molar-refractivity contribution is -0.121. The van der Waals surface area contributed by atoms with Gasteiger partial charge in [-0.3, -0.25) is 13.9 Å². The quantitative estimate of drug-likeness (QED) is 0.815. The highest BCUT2D eigenvalue weighted by Crippen LogP contribution is 2.10. The molecule has 0 spiro atoms. The molecule has 5 nitrogen and oxygen atoms in total. The minimum absolute atomic E-state index is 0.0757. The molecule has 1 aromatic heterocycles. The Morgan fingerprint density at radius 3 is 2.60 bits per heavy atom. The molecule has 5 heteroatoms. The lowest BCUT2D eigenvalue weighted by atomic mass is 10.2. The molecule has 0 saturated heterocycles. The summed E-state index contributed by atoms with van der Waals surface area (Å²) in [6.45, 7) is 2.87. The van der Waals surface area contributed by atoms with Gasteiger partial charge >= 0.3 is 5.69 Å². The van der Waals surface area contributed by atoms with E-state index in [1.807, 2.05) is 24.3 Å². The van der Waals surface area contributed by atoms with Gasteiger partial charge in [0.25, 0.3) is 0 Å². The summed E-state index contributed by atoms with van der Waals surface area (Å²) in [5, 5.41) is 2.86. The average Bonchev–Trinajstić information content (AvgIpc) is 2.69. The molecule has 0 aliphatic rings. The number of fused-ring (bicyclic) bond motifs is 1. The summed E-state index contributed by atoms with van der Waals surface area (Å²) in [7, 11) is 1.72. The van der Waals surface area contributed by atoms with E-state index in [4.69, 9.17) is 0 Å². The number of unbranched alkanes of at least 4 members (excludes halogenated alkanes) is 2. The van der Waals surface area contributed by atoms with E-state index in [9.17, 15) is 9.59 Å². The summed E-state index contributed by atoms with van der Waals surface area (Å²) in [6, 6.07) is 7.50. The van der Waals surface area contributed by atoms with Crippen molar-refractivity contribution in [3.63, 3.8) is 0 Å². The molecular formula is C15H21N3O2. The lowest BCUT2D eigenvalue weighted by Crippen LogP contribution is -2.33. The van der Waals surface area contributed by atoms with E-state index in [0.29, 0.717) is 6.54 Å². The van der Waals surface area contributed by atoms with E-state index in [1.165, 1.54) is 4.57 Å². The highest BCUT2D eigenvalue weighted by molar-refractivity contribution is 5.80. The maximum atomic E-state index is 12.1. The van der Waals surface area contributed by atoms with Gasteiger partial charge in [-0.05, 0) is 18.6 Å². The number of carbonyl (C=O) groups excluding carboxylic acids is 1. The van der Waals surface area contributed by atoms with Crippen molar-refractivity contribution >= 4 is 16.9 Å². The van der Waals surface area contributed by atoms with Crippen LogP contribution in [0, 0.1) is 0 Å². The van der Waals surface area contributed by atoms with Gasteiger partial charge in [-0.15, -0.1) is 0 Å². The fourth-order valence-electron chi connectivity index (χ4n) is 2.32. The largest absolute Gasteiger partial charge is 0.355 e. The van der Waals surface area contributed by atoms with E-state index in [1.54, 1.807) is 11.6 Å². The molecule has 1 amide bonds. The summed E-state index contributed by atoms with van der Waals surface area (Å²) in [6.07, 6.45) is 3.21. The van der Waals surface area contributed by atoms with Crippen molar-refractivity contribution in [1.82, 2.24) is 14.5 Å². The van der Waals surface area contributed by atoms with Gasteiger partial charge in [0.15, 0.2) is 0 Å². The van der Waals surface area contributed by atoms with Gasteiger partial charge in [-0.25, -0.2) is 4.79 Å². The minimum Gasteiger partial charge on any atom is -0.355 e. The predicted molar refractivity (Wildman–Crippen MR) is 79.7 cm³/mol. The number of nitrogens with one attached hydrogen (secondary N) is 1. The molecule has 0 radical (unpaired) electrons. The first-order valence-corrected chi connectivity index (χ1v) is 7.06. The first-order chi connectivity index (χ1) is 9.65. The minimum atomic E-state index is -0.157. The Morgan fingerprint density at radius 1 is 1.20 bits per heavy atom. The van der Waals surface area contributed by atoms with Crippen molar-refractivity contribution in [3.05, 3.63) is 34.7 Å². The molecule has 1 N–H and O–H groups in total. The highest BCUT2D eigenvalue weighted by atomic mass is 16.2. The van der Waals surface area contributed by atoms with Crippen molar-refractivity contribution in [2.24, 2.45) is 7.05 Å². The van der Waals surface area contributed by atoms with Crippen LogP contribution in [0.15, 0.2) is 29.1 Å². The Hall–Kier alpha value is -2.04. The van der Waals surface area contributed by atoms with E-state index in [0.717, 1.165) is 30.3 Å². The monoisotopic (exact) mass is 275 g/mol. The molecule has 0 unspecified atom stereocenters. The Morgan fingerprint density at radius 2 is 1.90 bits per heavy atom. The molecule has 2 aromatic rings. The van der Waals surface area contributed by atoms with Crippen LogP contribution in [0.1, 0.15) is 26.2 Å². The fourth-order valence-corrected chi connectivity index (χ4v) is 2.32. The first-order valence-electron chi connectivity index (χ1n) is 7.06. The third-order valence-corrected chi connectivity index (χ3v) is 3.46. The van der Waals surface area contributed by atoms with Gasteiger partial charge < -0.3 is 5.32 Å². The number of aromatic nitrogens is 2. The van der Waals surface area contributed by atoms with Crippen molar-refractivity contribution in [2.75, 3.05) is 6.54 Å². The van der Waals surface area contributed by atoms with Gasteiger partial charge in [-0.1, -0.05) is 31.9 Å². The van der Waals surface area contributed by atoms with Crippen LogP contribution < -0.4 is 11.0 Å². The summed E-state index contributed by atoms with van der Waals surface area (Å²) in [5.74, 6) is -0.112. The van der Waals surface area contributed by atoms with Crippen molar-refractivity contribution < 1.29 is 4.79 Å². The van der Waals surface area contributed by atoms with Crippen LogP contribution in [0.2, 0.25) is 0 Å². The molecule has 0 aliphatic carbocycles. The number of nitrogens with zero attached hydrogens (tertiary/aromatic N) is 2. The fraction of sp³-hybridized carbons (Fsp3) is 0.467. The zero-order valence-corrected chi connectivity index (χ0v) is 12.1. The summed E-state index contributed by atoms with van der Waals surface area (Å²) in [5.41, 5.74) is 1.48. The standard InChI is InChI=1S/C15H21N3O2/c1-3-4-7-10-16-14(19)11-18-13-9-6-5-8-12(13)17(2)15(18)20/h5-6,8-9H,3-4,7,10-11H2,1-2H3,(H,16,19). The first kappa shape index (κ1) is 14.4. The number of aryl methyl sites for hydroxylation is 1. The molecule has 2 rings (SSSR count). The van der Waals surface area contributed by atoms with Crippen LogP contribution in [-0.2, 0) is 18.4 Å². The Bertz CT molecular complexity index is 655. The normalized spacial score (nSPS) is 10.9. The molecule has 0 saturated carbocycles. The van der Waals surface area contributed by atoms with Gasteiger partial charge in [0.05, 0.1) is 11.0 Å². The Labute approximate surface area is 118 Å². The zero-order chi connectivity index (χ0) is 14.5. The highest BCUT2D eigenvalue weighted by Gasteiger charge is 2.12. The number of benzene rings is 1. The van der Waals surface area contributed by atoms with Gasteiger partial charge in [-0.2, -0.15) is 0 Å². The molecule has 108 valence electrons. The van der Waals surface area contributed by atoms with Gasteiger partial charge in [0.2, 0.25) is 5.91 Å². The Balaban J connectivity index is 2.12. The molecule has 20 heavy (non-hydrogen) atoms. The molecule has 0 bridgehead atoms. The summed E-state index contributed by atoms with van der Waals surface area (Å²) < 4.78 is 3.09. The Kier molecular flexibility index (Phi) is 4.61. The number of amides is 1. The maximum Gasteiger partial charge on any atom is 0.329 e. The second kappa shape index (κ2) is 6.41. The van der Waals surface area contributed by atoms with Crippen molar-refractivity contribution in [1.29, 1.82) is 0 Å². The number of imidazole rings is 1. The zero-order valence-electron chi connectivity index (χ0n) is 12.1. The van der Waals surface area contributed by atoms with E-state index >= 15 is 0 Å². The number of rotatable bonds is 6. The molecule has 0 fully saturated rings. The molecule has 0 atom stereocenters. The molecular weight excluding hydrogens is 254 g/mol. The second-order valence-corrected chi connectivity index (χ2v) is 4.97. The number of para-hydroxylation sites is 2. The number of hydrogen-bond donors (Lipinski definition) is 1. The predicted octanol–water partition coefficient (Wildman–Crippen LogP) is 1.65. The van der Waals surface area contributed by atoms with Crippen LogP contribution in [0.3, 0.4) is 0 Å². The summed E-state index contributed by atoms with van der Waals surface area (Å²) in [4.78, 5) is 24.0. The average molecular weight is 275 g/mol. The van der Waals surface area contributed by atoms with E-state index in [-0.39, 0.29) is 18.1 Å². The molecule has 1 heterocycles. The number of carbonyl (C=O) groups is 1. The van der Waals surface area contributed by atoms with E-state index < -0.39 is 0 Å². The smallest absolute Gasteiger partial charge is 0.329 e. The van der Waals surface area contributed by atoms with Crippen LogP contribution in [0.5, 0.6) is 0 Å². The van der Waals surface area contributed by atoms with Crippen LogP contribution >= 0.6 is 0 Å². The third kappa shape index (κ3) is 2.92. The van der Waals surface area contributed by atoms with Gasteiger partial charge in [0, 0.05) is 13.6 Å². The summed E-state index contributed by atoms with van der Waals surface area (Å²) >= 11 is 0. The third-order valence-electron chi connectivity index (χ3n) is 3.46. The van der Waals surface area contributed by atoms with Gasteiger partial charge in [0.1, 0.15) is 6.54 Å². The topological polar surface area (TPSA) is 56.0 Å². The molecule has 0 aliphatic heterocycles. The molecule has 1 aromatic carbocycles.